The Balaban J connectivity index is 2.21. The Morgan fingerprint density at radius 2 is 2.20 bits per heavy atom. The molecule has 0 aliphatic heterocycles. The number of aryl methyl sites for hydroxylation is 2. The summed E-state index contributed by atoms with van der Waals surface area (Å²) in [5, 5.41) is -0.125. The van der Waals surface area contributed by atoms with Gasteiger partial charge in [0.15, 0.2) is 5.65 Å². The molecular weight excluding hydrogens is 274 g/mol. The van der Waals surface area contributed by atoms with Crippen LogP contribution in [-0.2, 0) is 11.3 Å². The second kappa shape index (κ2) is 7.04. The molecule has 0 N–H and O–H groups in total. The third-order valence-electron chi connectivity index (χ3n) is 3.24. The highest BCUT2D eigenvalue weighted by atomic mass is 35.5. The zero-order chi connectivity index (χ0) is 14.5. The summed E-state index contributed by atoms with van der Waals surface area (Å²) < 4.78 is 7.65. The van der Waals surface area contributed by atoms with Crippen LogP contribution < -0.4 is 0 Å². The van der Waals surface area contributed by atoms with Crippen LogP contribution in [0.1, 0.15) is 43.5 Å². The molecule has 5 heteroatoms. The number of nitrogens with zero attached hydrogens (tertiary/aromatic N) is 3. The first-order valence-electron chi connectivity index (χ1n) is 7.18. The molecular formula is C15H22ClN3O. The molecule has 2 aromatic heterocycles. The highest BCUT2D eigenvalue weighted by Crippen LogP contribution is 2.25. The maximum absolute atomic E-state index is 6.25. The number of hydrogen-bond donors (Lipinski definition) is 0. The number of halogens is 1. The molecule has 0 saturated heterocycles. The van der Waals surface area contributed by atoms with Crippen LogP contribution in [-0.4, -0.2) is 27.7 Å². The summed E-state index contributed by atoms with van der Waals surface area (Å²) in [5.41, 5.74) is 3.00. The molecule has 1 unspecified atom stereocenters. The molecule has 0 radical (unpaired) electrons. The maximum Gasteiger partial charge on any atom is 0.160 e. The van der Waals surface area contributed by atoms with Gasteiger partial charge < -0.3 is 9.30 Å². The Morgan fingerprint density at radius 3 is 2.90 bits per heavy atom. The van der Waals surface area contributed by atoms with Crippen LogP contribution in [0.2, 0.25) is 0 Å². The fourth-order valence-electron chi connectivity index (χ4n) is 2.25. The monoisotopic (exact) mass is 295 g/mol. The normalized spacial score (nSPS) is 13.0. The smallest absolute Gasteiger partial charge is 0.160 e. The largest absolute Gasteiger partial charge is 0.381 e. The standard InChI is InChI=1S/C15H22ClN3O/c1-4-9-20-10-5-8-19-14(12(3)16)18-13-11(2)6-7-17-15(13)19/h6-7,12H,4-5,8-10H2,1-3H3. The number of imidazole rings is 1. The second-order valence-electron chi connectivity index (χ2n) is 5.00. The molecule has 2 heterocycles. The number of hydrogen-bond acceptors (Lipinski definition) is 3. The van der Waals surface area contributed by atoms with E-state index in [4.69, 9.17) is 16.3 Å². The lowest BCUT2D eigenvalue weighted by molar-refractivity contribution is 0.129. The number of alkyl halides is 1. The predicted octanol–water partition coefficient (Wildman–Crippen LogP) is 3.86. The number of ether oxygens (including phenoxy) is 1. The maximum atomic E-state index is 6.25. The average Bonchev–Trinajstić information content (AvgIpc) is 2.79. The predicted molar refractivity (Wildman–Crippen MR) is 82.3 cm³/mol. The highest BCUT2D eigenvalue weighted by molar-refractivity contribution is 6.20. The van der Waals surface area contributed by atoms with Crippen LogP contribution in [0.3, 0.4) is 0 Å². The third-order valence-corrected chi connectivity index (χ3v) is 3.44. The van der Waals surface area contributed by atoms with E-state index < -0.39 is 0 Å². The topological polar surface area (TPSA) is 39.9 Å². The molecule has 2 aromatic rings. The van der Waals surface area contributed by atoms with Gasteiger partial charge in [0.2, 0.25) is 0 Å². The van der Waals surface area contributed by atoms with Crippen molar-refractivity contribution in [2.45, 2.75) is 45.5 Å². The van der Waals surface area contributed by atoms with Crippen molar-refractivity contribution in [3.8, 4) is 0 Å². The van der Waals surface area contributed by atoms with E-state index in [0.717, 1.165) is 55.2 Å². The Bertz CT molecular complexity index is 565. The van der Waals surface area contributed by atoms with Crippen molar-refractivity contribution >= 4 is 22.8 Å². The van der Waals surface area contributed by atoms with Crippen molar-refractivity contribution in [3.05, 3.63) is 23.7 Å². The molecule has 0 aliphatic carbocycles. The van der Waals surface area contributed by atoms with Crippen molar-refractivity contribution in [2.75, 3.05) is 13.2 Å². The van der Waals surface area contributed by atoms with Crippen LogP contribution >= 0.6 is 11.6 Å². The zero-order valence-electron chi connectivity index (χ0n) is 12.4. The lowest BCUT2D eigenvalue weighted by Gasteiger charge is -2.10. The van der Waals surface area contributed by atoms with Gasteiger partial charge in [-0.1, -0.05) is 6.92 Å². The molecule has 0 saturated carbocycles. The van der Waals surface area contributed by atoms with Gasteiger partial charge in [0.1, 0.15) is 11.3 Å². The summed E-state index contributed by atoms with van der Waals surface area (Å²) >= 11 is 6.25. The number of rotatable bonds is 7. The molecule has 0 spiro atoms. The van der Waals surface area contributed by atoms with Gasteiger partial charge >= 0.3 is 0 Å². The first-order chi connectivity index (χ1) is 9.65. The Kier molecular flexibility index (Phi) is 5.38. The van der Waals surface area contributed by atoms with E-state index in [-0.39, 0.29) is 5.38 Å². The van der Waals surface area contributed by atoms with Crippen molar-refractivity contribution < 1.29 is 4.74 Å². The Labute approximate surface area is 125 Å². The van der Waals surface area contributed by atoms with E-state index in [1.165, 1.54) is 0 Å². The second-order valence-corrected chi connectivity index (χ2v) is 5.66. The number of pyridine rings is 1. The lowest BCUT2D eigenvalue weighted by Crippen LogP contribution is -2.08. The lowest BCUT2D eigenvalue weighted by atomic mass is 10.3. The van der Waals surface area contributed by atoms with Gasteiger partial charge in [0.25, 0.3) is 0 Å². The van der Waals surface area contributed by atoms with E-state index in [0.29, 0.717) is 0 Å². The van der Waals surface area contributed by atoms with Gasteiger partial charge in [0, 0.05) is 26.0 Å². The van der Waals surface area contributed by atoms with Gasteiger partial charge in [0.05, 0.1) is 5.38 Å². The molecule has 4 nitrogen and oxygen atoms in total. The van der Waals surface area contributed by atoms with E-state index >= 15 is 0 Å². The fraction of sp³-hybridized carbons (Fsp3) is 0.600. The van der Waals surface area contributed by atoms with Gasteiger partial charge in [-0.25, -0.2) is 9.97 Å². The molecule has 2 rings (SSSR count). The quantitative estimate of drug-likeness (QED) is 0.575. The summed E-state index contributed by atoms with van der Waals surface area (Å²) in [6.45, 7) is 8.53. The van der Waals surface area contributed by atoms with Crippen LogP contribution in [0.4, 0.5) is 0 Å². The van der Waals surface area contributed by atoms with E-state index in [1.54, 1.807) is 0 Å². The molecule has 0 aliphatic rings. The minimum Gasteiger partial charge on any atom is -0.381 e. The summed E-state index contributed by atoms with van der Waals surface area (Å²) in [6.07, 6.45) is 3.82. The average molecular weight is 296 g/mol. The minimum absolute atomic E-state index is 0.125. The van der Waals surface area contributed by atoms with Gasteiger partial charge in [-0.3, -0.25) is 0 Å². The van der Waals surface area contributed by atoms with Crippen LogP contribution in [0, 0.1) is 6.92 Å². The first kappa shape index (κ1) is 15.3. The molecule has 110 valence electrons. The Morgan fingerprint density at radius 1 is 1.40 bits per heavy atom. The molecule has 0 aromatic carbocycles. The highest BCUT2D eigenvalue weighted by Gasteiger charge is 2.16. The van der Waals surface area contributed by atoms with E-state index in [2.05, 4.69) is 21.5 Å². The van der Waals surface area contributed by atoms with Gasteiger partial charge in [-0.05, 0) is 38.3 Å². The number of fused-ring (bicyclic) bond motifs is 1. The van der Waals surface area contributed by atoms with Gasteiger partial charge in [-0.2, -0.15) is 0 Å². The molecule has 0 fully saturated rings. The van der Waals surface area contributed by atoms with Crippen molar-refractivity contribution in [3.63, 3.8) is 0 Å². The Hall–Kier alpha value is -1.13. The minimum atomic E-state index is -0.125. The summed E-state index contributed by atoms with van der Waals surface area (Å²) in [7, 11) is 0. The zero-order valence-corrected chi connectivity index (χ0v) is 13.2. The van der Waals surface area contributed by atoms with Gasteiger partial charge in [-0.15, -0.1) is 11.6 Å². The fourth-order valence-corrected chi connectivity index (χ4v) is 2.42. The van der Waals surface area contributed by atoms with E-state index in [1.807, 2.05) is 26.1 Å². The summed E-state index contributed by atoms with van der Waals surface area (Å²) in [5.74, 6) is 0.888. The van der Waals surface area contributed by atoms with Crippen molar-refractivity contribution in [1.82, 2.24) is 14.5 Å². The molecule has 1 atom stereocenters. The molecule has 20 heavy (non-hydrogen) atoms. The van der Waals surface area contributed by atoms with Crippen LogP contribution in [0.25, 0.3) is 11.2 Å². The number of aromatic nitrogens is 3. The van der Waals surface area contributed by atoms with E-state index in [9.17, 15) is 0 Å². The van der Waals surface area contributed by atoms with Crippen molar-refractivity contribution in [1.29, 1.82) is 0 Å². The molecule has 0 bridgehead atoms. The van der Waals surface area contributed by atoms with Crippen LogP contribution in [0.5, 0.6) is 0 Å². The first-order valence-corrected chi connectivity index (χ1v) is 7.62. The van der Waals surface area contributed by atoms with Crippen molar-refractivity contribution in [2.24, 2.45) is 0 Å². The summed E-state index contributed by atoms with van der Waals surface area (Å²) in [6, 6.07) is 1.98. The SMILES string of the molecule is CCCOCCCn1c(C(C)Cl)nc2c(C)ccnc21. The molecule has 0 amide bonds. The van der Waals surface area contributed by atoms with Crippen LogP contribution in [0.15, 0.2) is 12.3 Å². The summed E-state index contributed by atoms with van der Waals surface area (Å²) in [4.78, 5) is 9.12. The third kappa shape index (κ3) is 3.30.